The van der Waals surface area contributed by atoms with Crippen molar-refractivity contribution in [1.82, 2.24) is 29.8 Å². The maximum atomic E-state index is 5.60. The van der Waals surface area contributed by atoms with Crippen LogP contribution < -0.4 is 0 Å². The molecule has 0 amide bonds. The first kappa shape index (κ1) is 23.2. The van der Waals surface area contributed by atoms with E-state index in [0.717, 1.165) is 57.0 Å². The van der Waals surface area contributed by atoms with Crippen LogP contribution in [0.3, 0.4) is 0 Å². The van der Waals surface area contributed by atoms with E-state index in [1.807, 2.05) is 10.9 Å². The van der Waals surface area contributed by atoms with E-state index in [0.29, 0.717) is 17.7 Å². The molecule has 2 aliphatic rings. The second kappa shape index (κ2) is 10.8. The zero-order valence-electron chi connectivity index (χ0n) is 20.7. The highest BCUT2D eigenvalue weighted by Crippen LogP contribution is 2.29. The van der Waals surface area contributed by atoms with Crippen LogP contribution in [0.4, 0.5) is 0 Å². The highest BCUT2D eigenvalue weighted by molar-refractivity contribution is 5.46. The molecule has 0 bridgehead atoms. The molecule has 2 fully saturated rings. The Balaban J connectivity index is 1.36. The van der Waals surface area contributed by atoms with E-state index < -0.39 is 0 Å². The molecular weight excluding hydrogens is 424 g/mol. The van der Waals surface area contributed by atoms with Gasteiger partial charge in [-0.1, -0.05) is 54.3 Å². The Morgan fingerprint density at radius 1 is 1.00 bits per heavy atom. The normalized spacial score (nSPS) is 18.9. The molecule has 1 atom stereocenters. The van der Waals surface area contributed by atoms with Crippen molar-refractivity contribution in [2.24, 2.45) is 11.8 Å². The molecule has 182 valence electrons. The molecule has 0 radical (unpaired) electrons. The number of hydrogen-bond acceptors (Lipinski definition) is 5. The summed E-state index contributed by atoms with van der Waals surface area (Å²) in [5.41, 5.74) is 3.41. The smallest absolute Gasteiger partial charge is 0.203 e. The monoisotopic (exact) mass is 462 g/mol. The van der Waals surface area contributed by atoms with Crippen molar-refractivity contribution in [1.29, 1.82) is 0 Å². The summed E-state index contributed by atoms with van der Waals surface area (Å²) < 4.78 is 9.77. The van der Waals surface area contributed by atoms with E-state index in [-0.39, 0.29) is 6.04 Å². The van der Waals surface area contributed by atoms with Gasteiger partial charge in [0.25, 0.3) is 0 Å². The van der Waals surface area contributed by atoms with Crippen LogP contribution in [-0.2, 0) is 24.1 Å². The van der Waals surface area contributed by atoms with Crippen LogP contribution >= 0.6 is 0 Å². The third-order valence-corrected chi connectivity index (χ3v) is 7.73. The van der Waals surface area contributed by atoms with Gasteiger partial charge in [0, 0.05) is 26.2 Å². The number of aromatic nitrogens is 6. The summed E-state index contributed by atoms with van der Waals surface area (Å²) in [4.78, 5) is 4.99. The van der Waals surface area contributed by atoms with E-state index >= 15 is 0 Å². The third kappa shape index (κ3) is 5.57. The van der Waals surface area contributed by atoms with Gasteiger partial charge in [0.15, 0.2) is 5.69 Å². The first-order valence-corrected chi connectivity index (χ1v) is 13.1. The number of rotatable bonds is 8. The van der Waals surface area contributed by atoms with E-state index in [1.165, 1.54) is 43.2 Å². The van der Waals surface area contributed by atoms with Crippen molar-refractivity contribution in [2.45, 2.75) is 84.2 Å². The molecular formula is C27H38N6O. The standard InChI is InChI=1S/C27H38N6O/c1-20-8-10-22(11-9-20)12-13-26-28-27(30-33(26)21(2)24-14-16-34-17-15-24)25-19-32(31-29-25)18-23-6-4-3-5-7-23/h8-11,19,21,23-24H,3-7,12-18H2,1-2H3. The Morgan fingerprint density at radius 3 is 2.53 bits per heavy atom. The first-order chi connectivity index (χ1) is 16.7. The van der Waals surface area contributed by atoms with Gasteiger partial charge in [0.05, 0.1) is 12.2 Å². The fourth-order valence-corrected chi connectivity index (χ4v) is 5.49. The minimum atomic E-state index is 0.287. The lowest BCUT2D eigenvalue weighted by Crippen LogP contribution is -2.26. The predicted molar refractivity (Wildman–Crippen MR) is 132 cm³/mol. The number of hydrogen-bond donors (Lipinski definition) is 0. The number of ether oxygens (including phenoxy) is 1. The van der Waals surface area contributed by atoms with Gasteiger partial charge in [-0.2, -0.15) is 0 Å². The molecule has 5 rings (SSSR count). The quantitative estimate of drug-likeness (QED) is 0.460. The van der Waals surface area contributed by atoms with E-state index in [1.54, 1.807) is 0 Å². The largest absolute Gasteiger partial charge is 0.381 e. The number of nitrogens with zero attached hydrogens (tertiary/aromatic N) is 6. The lowest BCUT2D eigenvalue weighted by molar-refractivity contribution is 0.0490. The molecule has 1 aromatic carbocycles. The Morgan fingerprint density at radius 2 is 1.76 bits per heavy atom. The molecule has 34 heavy (non-hydrogen) atoms. The minimum absolute atomic E-state index is 0.287. The average molecular weight is 463 g/mol. The Bertz CT molecular complexity index is 1040. The zero-order chi connectivity index (χ0) is 23.3. The van der Waals surface area contributed by atoms with Gasteiger partial charge in [-0.05, 0) is 63.4 Å². The van der Waals surface area contributed by atoms with Gasteiger partial charge in [0.2, 0.25) is 5.82 Å². The summed E-state index contributed by atoms with van der Waals surface area (Å²) in [5.74, 6) is 3.01. The Hall–Kier alpha value is -2.54. The summed E-state index contributed by atoms with van der Waals surface area (Å²) >= 11 is 0. The molecule has 7 heteroatoms. The summed E-state index contributed by atoms with van der Waals surface area (Å²) in [6.45, 7) is 7.04. The molecule has 0 spiro atoms. The van der Waals surface area contributed by atoms with Gasteiger partial charge in [-0.15, -0.1) is 10.2 Å². The van der Waals surface area contributed by atoms with Crippen LogP contribution in [0.2, 0.25) is 0 Å². The SMILES string of the molecule is Cc1ccc(CCc2nc(-c3cn(CC4CCCCC4)nn3)nn2C(C)C2CCOCC2)cc1. The Labute approximate surface area is 202 Å². The molecule has 0 N–H and O–H groups in total. The second-order valence-electron chi connectivity index (χ2n) is 10.3. The minimum Gasteiger partial charge on any atom is -0.381 e. The molecule has 7 nitrogen and oxygen atoms in total. The van der Waals surface area contributed by atoms with Crippen molar-refractivity contribution < 1.29 is 4.74 Å². The van der Waals surface area contributed by atoms with Crippen molar-refractivity contribution >= 4 is 0 Å². The van der Waals surface area contributed by atoms with Crippen LogP contribution in [0.25, 0.3) is 11.5 Å². The summed E-state index contributed by atoms with van der Waals surface area (Å²) in [6.07, 6.45) is 12.7. The lowest BCUT2D eigenvalue weighted by Gasteiger charge is -2.28. The predicted octanol–water partition coefficient (Wildman–Crippen LogP) is 5.20. The van der Waals surface area contributed by atoms with Gasteiger partial charge in [-0.25, -0.2) is 9.67 Å². The molecule has 1 saturated carbocycles. The zero-order valence-corrected chi connectivity index (χ0v) is 20.7. The van der Waals surface area contributed by atoms with Crippen LogP contribution in [0.1, 0.15) is 74.9 Å². The molecule has 3 aromatic rings. The highest BCUT2D eigenvalue weighted by atomic mass is 16.5. The average Bonchev–Trinajstić information content (AvgIpc) is 3.52. The van der Waals surface area contributed by atoms with Crippen LogP contribution in [-0.4, -0.2) is 43.0 Å². The Kier molecular flexibility index (Phi) is 7.38. The summed E-state index contributed by atoms with van der Waals surface area (Å²) in [6, 6.07) is 9.09. The maximum absolute atomic E-state index is 5.60. The molecule has 3 heterocycles. The van der Waals surface area contributed by atoms with Crippen molar-refractivity contribution in [3.05, 3.63) is 47.4 Å². The van der Waals surface area contributed by atoms with Crippen LogP contribution in [0.15, 0.2) is 30.5 Å². The van der Waals surface area contributed by atoms with Gasteiger partial charge >= 0.3 is 0 Å². The highest BCUT2D eigenvalue weighted by Gasteiger charge is 2.26. The molecule has 1 saturated heterocycles. The number of benzene rings is 1. The van der Waals surface area contributed by atoms with Crippen molar-refractivity contribution in [3.8, 4) is 11.5 Å². The molecule has 1 aliphatic carbocycles. The fraction of sp³-hybridized carbons (Fsp3) is 0.630. The molecule has 2 aromatic heterocycles. The van der Waals surface area contributed by atoms with Crippen LogP contribution in [0, 0.1) is 18.8 Å². The van der Waals surface area contributed by atoms with E-state index in [4.69, 9.17) is 14.8 Å². The maximum Gasteiger partial charge on any atom is 0.203 e. The van der Waals surface area contributed by atoms with Crippen LogP contribution in [0.5, 0.6) is 0 Å². The van der Waals surface area contributed by atoms with E-state index in [2.05, 4.69) is 53.1 Å². The second-order valence-corrected chi connectivity index (χ2v) is 10.3. The van der Waals surface area contributed by atoms with E-state index in [9.17, 15) is 0 Å². The fourth-order valence-electron chi connectivity index (χ4n) is 5.49. The topological polar surface area (TPSA) is 70.7 Å². The molecule has 1 unspecified atom stereocenters. The summed E-state index contributed by atoms with van der Waals surface area (Å²) in [7, 11) is 0. The van der Waals surface area contributed by atoms with Gasteiger partial charge < -0.3 is 4.74 Å². The van der Waals surface area contributed by atoms with Gasteiger partial charge in [-0.3, -0.25) is 4.68 Å². The number of aryl methyl sites for hydroxylation is 3. The summed E-state index contributed by atoms with van der Waals surface area (Å²) in [5, 5.41) is 13.9. The van der Waals surface area contributed by atoms with Gasteiger partial charge in [0.1, 0.15) is 5.82 Å². The third-order valence-electron chi connectivity index (χ3n) is 7.73. The lowest BCUT2D eigenvalue weighted by atomic mass is 9.89. The van der Waals surface area contributed by atoms with Crippen molar-refractivity contribution in [2.75, 3.05) is 13.2 Å². The molecule has 1 aliphatic heterocycles. The van der Waals surface area contributed by atoms with Crippen molar-refractivity contribution in [3.63, 3.8) is 0 Å². The first-order valence-electron chi connectivity index (χ1n) is 13.1.